The molecule has 2 aliphatic rings. The van der Waals surface area contributed by atoms with Crippen LogP contribution in [0.4, 0.5) is 11.4 Å². The van der Waals surface area contributed by atoms with E-state index in [9.17, 15) is 13.2 Å². The fourth-order valence-electron chi connectivity index (χ4n) is 4.34. The minimum absolute atomic E-state index is 0.00926. The van der Waals surface area contributed by atoms with Gasteiger partial charge in [-0.2, -0.15) is 9.41 Å². The maximum atomic E-state index is 13.0. The van der Waals surface area contributed by atoms with Crippen LogP contribution in [0.1, 0.15) is 11.8 Å². The van der Waals surface area contributed by atoms with Crippen LogP contribution in [0.15, 0.2) is 80.3 Å². The largest absolute Gasteiger partial charge is 0.482 e. The zero-order valence-corrected chi connectivity index (χ0v) is 23.9. The van der Waals surface area contributed by atoms with Gasteiger partial charge in [0.1, 0.15) is 5.75 Å². The highest BCUT2D eigenvalue weighted by Crippen LogP contribution is 2.33. The molecule has 0 bridgehead atoms. The van der Waals surface area contributed by atoms with Crippen molar-refractivity contribution < 1.29 is 22.7 Å². The van der Waals surface area contributed by atoms with E-state index in [2.05, 4.69) is 5.32 Å². The zero-order chi connectivity index (χ0) is 27.7. The number of rotatable bonds is 6. The Hall–Kier alpha value is -3.62. The molecule has 206 valence electrons. The molecule has 40 heavy (non-hydrogen) atoms. The number of aromatic nitrogens is 1. The van der Waals surface area contributed by atoms with Gasteiger partial charge in [-0.25, -0.2) is 18.1 Å². The number of hydrogen-bond acceptors (Lipinski definition) is 9. The molecular formula is C27H25N5O5S3. The molecule has 10 nitrogen and oxygen atoms in total. The average Bonchev–Trinajstić information content (AvgIpc) is 3.65. The smallest absolute Gasteiger partial charge is 0.262 e. The van der Waals surface area contributed by atoms with Crippen LogP contribution < -0.4 is 14.9 Å². The third-order valence-electron chi connectivity index (χ3n) is 6.39. The zero-order valence-electron chi connectivity index (χ0n) is 21.4. The van der Waals surface area contributed by atoms with E-state index in [1.54, 1.807) is 40.3 Å². The number of hydrogen-bond donors (Lipinski definition) is 1. The Balaban J connectivity index is 1.40. The summed E-state index contributed by atoms with van der Waals surface area (Å²) in [6.07, 6.45) is 0. The van der Waals surface area contributed by atoms with Gasteiger partial charge in [0.15, 0.2) is 6.61 Å². The van der Waals surface area contributed by atoms with E-state index in [0.29, 0.717) is 48.2 Å². The summed E-state index contributed by atoms with van der Waals surface area (Å²) < 4.78 is 40.0. The molecule has 4 aromatic rings. The highest BCUT2D eigenvalue weighted by molar-refractivity contribution is 7.89. The van der Waals surface area contributed by atoms with Gasteiger partial charge in [-0.3, -0.25) is 4.79 Å². The van der Waals surface area contributed by atoms with Gasteiger partial charge in [0, 0.05) is 24.0 Å². The summed E-state index contributed by atoms with van der Waals surface area (Å²) in [5, 5.41) is 11.7. The molecule has 2 aromatic heterocycles. The van der Waals surface area contributed by atoms with Crippen molar-refractivity contribution in [2.75, 3.05) is 38.2 Å². The third kappa shape index (κ3) is 5.38. The SMILES string of the molecule is CC(=Nn1c(-c2ccc3c(c2)NC(=O)CO3)csc1=Nc1ccc(S(=O)(=O)N2CCOCC2)cc1)c1cccs1. The Kier molecular flexibility index (Phi) is 7.38. The second kappa shape index (κ2) is 11.1. The maximum absolute atomic E-state index is 13.0. The van der Waals surface area contributed by atoms with Gasteiger partial charge >= 0.3 is 0 Å². The summed E-state index contributed by atoms with van der Waals surface area (Å²) in [4.78, 5) is 18.5. The van der Waals surface area contributed by atoms with Gasteiger partial charge in [0.05, 0.1) is 45.8 Å². The van der Waals surface area contributed by atoms with E-state index < -0.39 is 10.0 Å². The number of carbonyl (C=O) groups is 1. The first kappa shape index (κ1) is 26.6. The highest BCUT2D eigenvalue weighted by atomic mass is 32.2. The van der Waals surface area contributed by atoms with Crippen LogP contribution in [-0.4, -0.2) is 61.9 Å². The molecule has 1 amide bonds. The molecule has 13 heteroatoms. The van der Waals surface area contributed by atoms with Crippen LogP contribution in [0.2, 0.25) is 0 Å². The molecular weight excluding hydrogens is 571 g/mol. The summed E-state index contributed by atoms with van der Waals surface area (Å²) in [5.41, 5.74) is 3.63. The number of nitrogens with one attached hydrogen (secondary N) is 1. The Bertz CT molecular complexity index is 1750. The molecule has 2 aliphatic heterocycles. The lowest BCUT2D eigenvalue weighted by molar-refractivity contribution is -0.118. The highest BCUT2D eigenvalue weighted by Gasteiger charge is 2.26. The van der Waals surface area contributed by atoms with E-state index in [1.807, 2.05) is 48.0 Å². The van der Waals surface area contributed by atoms with E-state index in [1.165, 1.54) is 15.6 Å². The minimum atomic E-state index is -3.60. The first-order valence-electron chi connectivity index (χ1n) is 12.5. The molecule has 1 saturated heterocycles. The minimum Gasteiger partial charge on any atom is -0.482 e. The molecule has 0 saturated carbocycles. The van der Waals surface area contributed by atoms with Crippen molar-refractivity contribution >= 4 is 55.7 Å². The number of anilines is 1. The van der Waals surface area contributed by atoms with Gasteiger partial charge in [0.2, 0.25) is 14.8 Å². The van der Waals surface area contributed by atoms with Crippen molar-refractivity contribution in [1.29, 1.82) is 0 Å². The fraction of sp³-hybridized carbons (Fsp3) is 0.222. The average molecular weight is 596 g/mol. The van der Waals surface area contributed by atoms with Gasteiger partial charge in [-0.15, -0.1) is 22.7 Å². The lowest BCUT2D eigenvalue weighted by atomic mass is 10.1. The van der Waals surface area contributed by atoms with Crippen molar-refractivity contribution in [2.45, 2.75) is 11.8 Å². The monoisotopic (exact) mass is 595 g/mol. The summed E-state index contributed by atoms with van der Waals surface area (Å²) >= 11 is 3.00. The Morgan fingerprint density at radius 1 is 1.05 bits per heavy atom. The topological polar surface area (TPSA) is 115 Å². The number of nitrogens with zero attached hydrogens (tertiary/aromatic N) is 4. The quantitative estimate of drug-likeness (QED) is 0.337. The lowest BCUT2D eigenvalue weighted by Gasteiger charge is -2.26. The van der Waals surface area contributed by atoms with E-state index in [-0.39, 0.29) is 17.4 Å². The van der Waals surface area contributed by atoms with Gasteiger partial charge in [-0.05, 0) is 60.8 Å². The van der Waals surface area contributed by atoms with Crippen molar-refractivity contribution in [1.82, 2.24) is 8.98 Å². The van der Waals surface area contributed by atoms with Crippen LogP contribution >= 0.6 is 22.7 Å². The summed E-state index contributed by atoms with van der Waals surface area (Å²) in [6.45, 7) is 3.39. The number of amides is 1. The Morgan fingerprint density at radius 3 is 2.60 bits per heavy atom. The predicted molar refractivity (Wildman–Crippen MR) is 155 cm³/mol. The van der Waals surface area contributed by atoms with Crippen molar-refractivity contribution in [3.63, 3.8) is 0 Å². The summed E-state index contributed by atoms with van der Waals surface area (Å²) in [5.74, 6) is 0.407. The van der Waals surface area contributed by atoms with Crippen LogP contribution in [0.5, 0.6) is 5.75 Å². The van der Waals surface area contributed by atoms with Crippen molar-refractivity contribution in [3.05, 3.63) is 75.0 Å². The summed E-state index contributed by atoms with van der Waals surface area (Å²) in [6, 6.07) is 16.1. The number of thiazole rings is 1. The van der Waals surface area contributed by atoms with Crippen LogP contribution in [0.3, 0.4) is 0 Å². The normalized spacial score (nSPS) is 16.9. The molecule has 1 fully saturated rings. The van der Waals surface area contributed by atoms with E-state index >= 15 is 0 Å². The molecule has 2 aromatic carbocycles. The number of carbonyl (C=O) groups excluding carboxylic acids is 1. The molecule has 0 aliphatic carbocycles. The Labute approximate surface area is 238 Å². The van der Waals surface area contributed by atoms with Gasteiger partial charge < -0.3 is 14.8 Å². The molecule has 0 spiro atoms. The first-order chi connectivity index (χ1) is 19.4. The van der Waals surface area contributed by atoms with Gasteiger partial charge in [-0.1, -0.05) is 6.07 Å². The molecule has 6 rings (SSSR count). The standard InChI is InChI=1S/C27H25N5O5S3/c1-18(25-3-2-14-38-25)30-32-23(19-4-9-24-22(15-19)29-26(33)16-37-24)17-39-27(32)28-20-5-7-21(8-6-20)40(34,35)31-10-12-36-13-11-31/h2-9,14-15,17H,10-13,16H2,1H3,(H,29,33). The van der Waals surface area contributed by atoms with Crippen molar-refractivity contribution in [2.24, 2.45) is 10.1 Å². The van der Waals surface area contributed by atoms with Crippen molar-refractivity contribution in [3.8, 4) is 17.0 Å². The first-order valence-corrected chi connectivity index (χ1v) is 15.7. The lowest BCUT2D eigenvalue weighted by Crippen LogP contribution is -2.40. The number of thiophene rings is 1. The van der Waals surface area contributed by atoms with E-state index in [4.69, 9.17) is 19.6 Å². The molecule has 0 unspecified atom stereocenters. The molecule has 0 atom stereocenters. The summed E-state index contributed by atoms with van der Waals surface area (Å²) in [7, 11) is -3.60. The maximum Gasteiger partial charge on any atom is 0.262 e. The van der Waals surface area contributed by atoms with Gasteiger partial charge in [0.25, 0.3) is 5.91 Å². The molecule has 0 radical (unpaired) electrons. The molecule has 4 heterocycles. The Morgan fingerprint density at radius 2 is 1.85 bits per heavy atom. The predicted octanol–water partition coefficient (Wildman–Crippen LogP) is 4.13. The van der Waals surface area contributed by atoms with E-state index in [0.717, 1.165) is 21.8 Å². The fourth-order valence-corrected chi connectivity index (χ4v) is 7.27. The van der Waals surface area contributed by atoms with Crippen LogP contribution in [0.25, 0.3) is 11.3 Å². The number of fused-ring (bicyclic) bond motifs is 1. The third-order valence-corrected chi connectivity index (χ3v) is 10.1. The van der Waals surface area contributed by atoms with Crippen LogP contribution in [-0.2, 0) is 19.6 Å². The second-order valence-electron chi connectivity index (χ2n) is 9.05. The number of ether oxygens (including phenoxy) is 2. The number of morpholine rings is 1. The molecule has 1 N–H and O–H groups in total. The second-order valence-corrected chi connectivity index (χ2v) is 12.8. The number of sulfonamides is 1. The number of benzene rings is 2. The van der Waals surface area contributed by atoms with Crippen LogP contribution in [0, 0.1) is 0 Å².